The standard InChI is InChI=1S/C14H22O3/c1-4-10-16-12-8-6-7-9-13(12)17-11-14(3,15)5-2/h6-9,15H,4-5,10-11H2,1-3H3. The molecule has 0 saturated carbocycles. The van der Waals surface area contributed by atoms with Crippen molar-refractivity contribution in [3.8, 4) is 11.5 Å². The normalized spacial score (nSPS) is 14.1. The van der Waals surface area contributed by atoms with Crippen LogP contribution >= 0.6 is 0 Å². The number of para-hydroxylation sites is 2. The van der Waals surface area contributed by atoms with E-state index in [1.807, 2.05) is 31.2 Å². The highest BCUT2D eigenvalue weighted by molar-refractivity contribution is 5.39. The van der Waals surface area contributed by atoms with Crippen molar-refractivity contribution < 1.29 is 14.6 Å². The molecule has 0 bridgehead atoms. The van der Waals surface area contributed by atoms with Gasteiger partial charge in [0.05, 0.1) is 12.2 Å². The lowest BCUT2D eigenvalue weighted by atomic mass is 10.1. The summed E-state index contributed by atoms with van der Waals surface area (Å²) in [5, 5.41) is 9.89. The van der Waals surface area contributed by atoms with E-state index < -0.39 is 5.60 Å². The maximum Gasteiger partial charge on any atom is 0.161 e. The third-order valence-electron chi connectivity index (χ3n) is 2.61. The molecule has 0 fully saturated rings. The van der Waals surface area contributed by atoms with Crippen molar-refractivity contribution in [3.05, 3.63) is 24.3 Å². The van der Waals surface area contributed by atoms with Gasteiger partial charge in [0.1, 0.15) is 6.61 Å². The molecule has 0 radical (unpaired) electrons. The number of ether oxygens (including phenoxy) is 2. The van der Waals surface area contributed by atoms with Crippen molar-refractivity contribution in [1.82, 2.24) is 0 Å². The lowest BCUT2D eigenvalue weighted by Gasteiger charge is -2.22. The molecule has 17 heavy (non-hydrogen) atoms. The van der Waals surface area contributed by atoms with E-state index in [0.717, 1.165) is 12.2 Å². The Morgan fingerprint density at radius 3 is 2.24 bits per heavy atom. The quantitative estimate of drug-likeness (QED) is 0.793. The Labute approximate surface area is 103 Å². The topological polar surface area (TPSA) is 38.7 Å². The van der Waals surface area contributed by atoms with Crippen LogP contribution in [0.4, 0.5) is 0 Å². The maximum absolute atomic E-state index is 9.89. The molecule has 3 nitrogen and oxygen atoms in total. The average molecular weight is 238 g/mol. The van der Waals surface area contributed by atoms with Crippen LogP contribution in [0.1, 0.15) is 33.6 Å². The first kappa shape index (κ1) is 13.8. The Balaban J connectivity index is 2.63. The van der Waals surface area contributed by atoms with Crippen molar-refractivity contribution in [1.29, 1.82) is 0 Å². The van der Waals surface area contributed by atoms with E-state index in [9.17, 15) is 5.11 Å². The second-order valence-electron chi connectivity index (χ2n) is 4.43. The van der Waals surface area contributed by atoms with Crippen LogP contribution in [0.2, 0.25) is 0 Å². The molecule has 3 heteroatoms. The van der Waals surface area contributed by atoms with Crippen LogP contribution in [0.15, 0.2) is 24.3 Å². The molecule has 1 aromatic carbocycles. The summed E-state index contributed by atoms with van der Waals surface area (Å²) < 4.78 is 11.2. The largest absolute Gasteiger partial charge is 0.490 e. The van der Waals surface area contributed by atoms with Crippen LogP contribution in [0.25, 0.3) is 0 Å². The van der Waals surface area contributed by atoms with Crippen LogP contribution in [-0.4, -0.2) is 23.9 Å². The predicted octanol–water partition coefficient (Wildman–Crippen LogP) is 3.02. The molecule has 0 heterocycles. The van der Waals surface area contributed by atoms with Gasteiger partial charge in [0.25, 0.3) is 0 Å². The van der Waals surface area contributed by atoms with Crippen molar-refractivity contribution >= 4 is 0 Å². The Morgan fingerprint density at radius 2 is 1.71 bits per heavy atom. The number of hydrogen-bond acceptors (Lipinski definition) is 3. The molecule has 0 amide bonds. The van der Waals surface area contributed by atoms with E-state index in [0.29, 0.717) is 18.8 Å². The Bertz CT molecular complexity index is 334. The molecule has 0 aliphatic heterocycles. The van der Waals surface area contributed by atoms with Gasteiger partial charge in [-0.25, -0.2) is 0 Å². The molecule has 1 unspecified atom stereocenters. The minimum absolute atomic E-state index is 0.274. The number of rotatable bonds is 7. The van der Waals surface area contributed by atoms with Crippen molar-refractivity contribution in [2.45, 2.75) is 39.2 Å². The molecule has 1 aromatic rings. The zero-order valence-electron chi connectivity index (χ0n) is 10.9. The molecule has 0 aliphatic carbocycles. The molecular formula is C14H22O3. The number of benzene rings is 1. The monoisotopic (exact) mass is 238 g/mol. The Hall–Kier alpha value is -1.22. The maximum atomic E-state index is 9.89. The Morgan fingerprint density at radius 1 is 1.12 bits per heavy atom. The summed E-state index contributed by atoms with van der Waals surface area (Å²) in [7, 11) is 0. The molecule has 1 rings (SSSR count). The van der Waals surface area contributed by atoms with Gasteiger partial charge in [-0.05, 0) is 31.9 Å². The van der Waals surface area contributed by atoms with Crippen LogP contribution in [0, 0.1) is 0 Å². The lowest BCUT2D eigenvalue weighted by molar-refractivity contribution is 0.00758. The molecule has 0 saturated heterocycles. The van der Waals surface area contributed by atoms with Crippen molar-refractivity contribution in [2.24, 2.45) is 0 Å². The molecule has 1 atom stereocenters. The van der Waals surface area contributed by atoms with Crippen molar-refractivity contribution in [2.75, 3.05) is 13.2 Å². The smallest absolute Gasteiger partial charge is 0.161 e. The fourth-order valence-electron chi connectivity index (χ4n) is 1.24. The summed E-state index contributed by atoms with van der Waals surface area (Å²) in [4.78, 5) is 0. The molecule has 0 spiro atoms. The molecule has 0 aliphatic rings. The van der Waals surface area contributed by atoms with Crippen LogP contribution in [0.3, 0.4) is 0 Å². The highest BCUT2D eigenvalue weighted by atomic mass is 16.5. The lowest BCUT2D eigenvalue weighted by Crippen LogP contribution is -2.31. The van der Waals surface area contributed by atoms with Gasteiger partial charge in [0.15, 0.2) is 11.5 Å². The highest BCUT2D eigenvalue weighted by Gasteiger charge is 2.19. The summed E-state index contributed by atoms with van der Waals surface area (Å²) in [5.74, 6) is 1.43. The molecular weight excluding hydrogens is 216 g/mol. The van der Waals surface area contributed by atoms with Gasteiger partial charge in [-0.1, -0.05) is 26.0 Å². The van der Waals surface area contributed by atoms with Gasteiger partial charge in [-0.3, -0.25) is 0 Å². The second-order valence-corrected chi connectivity index (χ2v) is 4.43. The van der Waals surface area contributed by atoms with Gasteiger partial charge in [0, 0.05) is 0 Å². The van der Waals surface area contributed by atoms with E-state index in [-0.39, 0.29) is 6.61 Å². The van der Waals surface area contributed by atoms with Gasteiger partial charge in [0.2, 0.25) is 0 Å². The van der Waals surface area contributed by atoms with E-state index in [4.69, 9.17) is 9.47 Å². The third-order valence-corrected chi connectivity index (χ3v) is 2.61. The zero-order valence-corrected chi connectivity index (χ0v) is 10.9. The summed E-state index contributed by atoms with van der Waals surface area (Å²) >= 11 is 0. The van der Waals surface area contributed by atoms with E-state index >= 15 is 0 Å². The summed E-state index contributed by atoms with van der Waals surface area (Å²) in [6, 6.07) is 7.55. The van der Waals surface area contributed by atoms with E-state index in [2.05, 4.69) is 6.92 Å². The summed E-state index contributed by atoms with van der Waals surface area (Å²) in [6.07, 6.45) is 1.62. The summed E-state index contributed by atoms with van der Waals surface area (Å²) in [5.41, 5.74) is -0.794. The second kappa shape index (κ2) is 6.50. The zero-order chi connectivity index (χ0) is 12.7. The minimum atomic E-state index is -0.794. The first-order valence-corrected chi connectivity index (χ1v) is 6.16. The van der Waals surface area contributed by atoms with Crippen LogP contribution in [0.5, 0.6) is 11.5 Å². The average Bonchev–Trinajstić information content (AvgIpc) is 2.35. The van der Waals surface area contributed by atoms with Crippen LogP contribution < -0.4 is 9.47 Å². The first-order chi connectivity index (χ1) is 8.09. The third kappa shape index (κ3) is 4.65. The van der Waals surface area contributed by atoms with E-state index in [1.54, 1.807) is 6.92 Å². The van der Waals surface area contributed by atoms with E-state index in [1.165, 1.54) is 0 Å². The number of hydrogen-bond donors (Lipinski definition) is 1. The molecule has 1 N–H and O–H groups in total. The number of aliphatic hydroxyl groups is 1. The van der Waals surface area contributed by atoms with Crippen molar-refractivity contribution in [3.63, 3.8) is 0 Å². The first-order valence-electron chi connectivity index (χ1n) is 6.16. The highest BCUT2D eigenvalue weighted by Crippen LogP contribution is 2.27. The van der Waals surface area contributed by atoms with Gasteiger partial charge in [-0.2, -0.15) is 0 Å². The fourth-order valence-corrected chi connectivity index (χ4v) is 1.24. The van der Waals surface area contributed by atoms with Crippen LogP contribution in [-0.2, 0) is 0 Å². The van der Waals surface area contributed by atoms with Gasteiger partial charge >= 0.3 is 0 Å². The Kier molecular flexibility index (Phi) is 5.29. The van der Waals surface area contributed by atoms with Gasteiger partial charge in [-0.15, -0.1) is 0 Å². The predicted molar refractivity (Wildman–Crippen MR) is 68.6 cm³/mol. The minimum Gasteiger partial charge on any atom is -0.490 e. The molecule has 96 valence electrons. The SMILES string of the molecule is CCCOc1ccccc1OCC(C)(O)CC. The van der Waals surface area contributed by atoms with Gasteiger partial charge < -0.3 is 14.6 Å². The molecule has 0 aromatic heterocycles. The summed E-state index contributed by atoms with van der Waals surface area (Å²) in [6.45, 7) is 6.71. The fraction of sp³-hybridized carbons (Fsp3) is 0.571.